The van der Waals surface area contributed by atoms with Crippen molar-refractivity contribution in [2.75, 3.05) is 19.0 Å². The fraction of sp³-hybridized carbons (Fsp3) is 0.263. The molecule has 0 aliphatic heterocycles. The number of thiophene rings is 1. The fourth-order valence-electron chi connectivity index (χ4n) is 2.68. The van der Waals surface area contributed by atoms with E-state index in [1.807, 2.05) is 43.3 Å². The number of anilines is 1. The molecule has 4 nitrogen and oxygen atoms in total. The van der Waals surface area contributed by atoms with Crippen molar-refractivity contribution in [2.45, 2.75) is 19.6 Å². The van der Waals surface area contributed by atoms with Gasteiger partial charge in [0, 0.05) is 31.7 Å². The molecule has 1 amide bonds. The van der Waals surface area contributed by atoms with E-state index in [0.717, 1.165) is 28.7 Å². The minimum Gasteiger partial charge on any atom is -0.378 e. The molecule has 0 atom stereocenters. The highest BCUT2D eigenvalue weighted by Gasteiger charge is 2.33. The van der Waals surface area contributed by atoms with E-state index >= 15 is 0 Å². The number of halogens is 3. The van der Waals surface area contributed by atoms with Gasteiger partial charge in [0.25, 0.3) is 5.91 Å². The third-order valence-electron chi connectivity index (χ3n) is 4.18. The molecule has 27 heavy (non-hydrogen) atoms. The highest BCUT2D eigenvalue weighted by molar-refractivity contribution is 7.20. The molecule has 1 aromatic carbocycles. The second-order valence-corrected chi connectivity index (χ2v) is 7.35. The smallest absolute Gasteiger partial charge is 0.378 e. The van der Waals surface area contributed by atoms with Gasteiger partial charge in [-0.25, -0.2) is 4.98 Å². The first-order valence-electron chi connectivity index (χ1n) is 8.18. The van der Waals surface area contributed by atoms with E-state index < -0.39 is 11.9 Å². The quantitative estimate of drug-likeness (QED) is 0.704. The van der Waals surface area contributed by atoms with Crippen LogP contribution in [0.25, 0.3) is 10.2 Å². The number of carbonyl (C=O) groups excluding carboxylic acids is 1. The Morgan fingerprint density at radius 3 is 2.63 bits per heavy atom. The van der Waals surface area contributed by atoms with Crippen molar-refractivity contribution < 1.29 is 18.0 Å². The number of benzene rings is 1. The Labute approximate surface area is 158 Å². The zero-order valence-electron chi connectivity index (χ0n) is 15.0. The number of pyridine rings is 1. The Bertz CT molecular complexity index is 996. The van der Waals surface area contributed by atoms with E-state index in [2.05, 4.69) is 10.3 Å². The van der Waals surface area contributed by atoms with Gasteiger partial charge in [-0.15, -0.1) is 11.3 Å². The van der Waals surface area contributed by atoms with Gasteiger partial charge in [-0.3, -0.25) is 4.79 Å². The normalized spacial score (nSPS) is 11.6. The van der Waals surface area contributed by atoms with Crippen LogP contribution in [0.2, 0.25) is 0 Å². The molecule has 0 bridgehead atoms. The van der Waals surface area contributed by atoms with Gasteiger partial charge >= 0.3 is 6.18 Å². The molecule has 0 fully saturated rings. The lowest BCUT2D eigenvalue weighted by molar-refractivity contribution is -0.140. The van der Waals surface area contributed by atoms with E-state index in [4.69, 9.17) is 0 Å². The minimum atomic E-state index is -4.51. The average molecular weight is 393 g/mol. The lowest BCUT2D eigenvalue weighted by Gasteiger charge is -2.13. The first kappa shape index (κ1) is 19.2. The van der Waals surface area contributed by atoms with Crippen LogP contribution in [0.5, 0.6) is 0 Å². The molecule has 3 aromatic rings. The van der Waals surface area contributed by atoms with Crippen LogP contribution < -0.4 is 10.2 Å². The van der Waals surface area contributed by atoms with Crippen molar-refractivity contribution in [3.63, 3.8) is 0 Å². The maximum atomic E-state index is 12.8. The summed E-state index contributed by atoms with van der Waals surface area (Å²) in [6, 6.07) is 10.1. The van der Waals surface area contributed by atoms with Crippen LogP contribution in [0.3, 0.4) is 0 Å². The van der Waals surface area contributed by atoms with Gasteiger partial charge in [-0.05, 0) is 42.3 Å². The molecule has 3 rings (SSSR count). The Morgan fingerprint density at radius 1 is 1.22 bits per heavy atom. The molecule has 1 N–H and O–H groups in total. The summed E-state index contributed by atoms with van der Waals surface area (Å²) >= 11 is 0.974. The van der Waals surface area contributed by atoms with Gasteiger partial charge in [0.05, 0.1) is 4.88 Å². The summed E-state index contributed by atoms with van der Waals surface area (Å²) in [5, 5.41) is 3.39. The Balaban J connectivity index is 1.81. The number of hydrogen-bond acceptors (Lipinski definition) is 4. The largest absolute Gasteiger partial charge is 0.433 e. The number of alkyl halides is 3. The summed E-state index contributed by atoms with van der Waals surface area (Å²) < 4.78 is 38.5. The van der Waals surface area contributed by atoms with Crippen molar-refractivity contribution in [3.05, 3.63) is 58.1 Å². The van der Waals surface area contributed by atoms with Crippen LogP contribution in [0.1, 0.15) is 26.5 Å². The van der Waals surface area contributed by atoms with E-state index in [0.29, 0.717) is 22.4 Å². The third-order valence-corrected chi connectivity index (χ3v) is 5.38. The Kier molecular flexibility index (Phi) is 5.10. The lowest BCUT2D eigenvalue weighted by Crippen LogP contribution is -2.22. The molecule has 0 unspecified atom stereocenters. The van der Waals surface area contributed by atoms with Gasteiger partial charge in [0.2, 0.25) is 0 Å². The zero-order valence-corrected chi connectivity index (χ0v) is 15.8. The molecule has 142 valence electrons. The van der Waals surface area contributed by atoms with Crippen molar-refractivity contribution in [1.29, 1.82) is 0 Å². The van der Waals surface area contributed by atoms with E-state index in [1.165, 1.54) is 6.07 Å². The molecule has 0 saturated heterocycles. The monoisotopic (exact) mass is 393 g/mol. The summed E-state index contributed by atoms with van der Waals surface area (Å²) in [5.41, 5.74) is 1.63. The number of nitrogens with zero attached hydrogens (tertiary/aromatic N) is 2. The highest BCUT2D eigenvalue weighted by atomic mass is 32.1. The highest BCUT2D eigenvalue weighted by Crippen LogP contribution is 2.34. The number of carbonyl (C=O) groups is 1. The summed E-state index contributed by atoms with van der Waals surface area (Å²) in [6.07, 6.45) is -4.51. The molecule has 0 aliphatic rings. The number of nitrogens with one attached hydrogen (secondary N) is 1. The van der Waals surface area contributed by atoms with Gasteiger partial charge in [0.1, 0.15) is 10.5 Å². The summed E-state index contributed by atoms with van der Waals surface area (Å²) in [4.78, 5) is 18.8. The van der Waals surface area contributed by atoms with E-state index in [1.54, 1.807) is 6.92 Å². The maximum absolute atomic E-state index is 12.8. The van der Waals surface area contributed by atoms with Crippen LogP contribution >= 0.6 is 11.3 Å². The first-order valence-corrected chi connectivity index (χ1v) is 9.00. The molecular weight excluding hydrogens is 375 g/mol. The number of aryl methyl sites for hydroxylation is 1. The molecule has 8 heteroatoms. The van der Waals surface area contributed by atoms with Crippen molar-refractivity contribution in [1.82, 2.24) is 10.3 Å². The van der Waals surface area contributed by atoms with Gasteiger partial charge in [0.15, 0.2) is 0 Å². The average Bonchev–Trinajstić information content (AvgIpc) is 2.95. The molecular formula is C19H18F3N3OS. The lowest BCUT2D eigenvalue weighted by atomic mass is 10.1. The number of rotatable bonds is 4. The topological polar surface area (TPSA) is 45.2 Å². The van der Waals surface area contributed by atoms with E-state index in [9.17, 15) is 18.0 Å². The molecule has 2 aromatic heterocycles. The van der Waals surface area contributed by atoms with Crippen LogP contribution in [0.4, 0.5) is 18.9 Å². The summed E-state index contributed by atoms with van der Waals surface area (Å²) in [7, 11) is 3.86. The molecule has 0 aliphatic carbocycles. The van der Waals surface area contributed by atoms with Crippen molar-refractivity contribution in [2.24, 2.45) is 0 Å². The van der Waals surface area contributed by atoms with Crippen LogP contribution in [-0.2, 0) is 12.7 Å². The van der Waals surface area contributed by atoms with Crippen LogP contribution in [-0.4, -0.2) is 25.0 Å². The number of fused-ring (bicyclic) bond motifs is 1. The third kappa shape index (κ3) is 4.05. The predicted molar refractivity (Wildman–Crippen MR) is 101 cm³/mol. The second kappa shape index (κ2) is 7.19. The number of amides is 1. The molecule has 0 saturated carbocycles. The SMILES string of the molecule is Cc1c(C(=O)NCc2cccc(N(C)C)c2)sc2nc(C(F)(F)F)ccc12. The van der Waals surface area contributed by atoms with Gasteiger partial charge < -0.3 is 10.2 Å². The summed E-state index contributed by atoms with van der Waals surface area (Å²) in [5.74, 6) is -0.320. The molecule has 2 heterocycles. The fourth-order valence-corrected chi connectivity index (χ4v) is 3.78. The van der Waals surface area contributed by atoms with Crippen molar-refractivity contribution in [3.8, 4) is 0 Å². The van der Waals surface area contributed by atoms with Crippen molar-refractivity contribution >= 4 is 33.1 Å². The second-order valence-electron chi connectivity index (χ2n) is 6.35. The number of hydrogen-bond donors (Lipinski definition) is 1. The Morgan fingerprint density at radius 2 is 1.96 bits per heavy atom. The number of aromatic nitrogens is 1. The first-order chi connectivity index (χ1) is 12.7. The zero-order chi connectivity index (χ0) is 19.8. The van der Waals surface area contributed by atoms with Crippen LogP contribution in [0, 0.1) is 6.92 Å². The Hall–Kier alpha value is -2.61. The van der Waals surface area contributed by atoms with Crippen LogP contribution in [0.15, 0.2) is 36.4 Å². The van der Waals surface area contributed by atoms with Gasteiger partial charge in [-0.1, -0.05) is 12.1 Å². The molecule has 0 radical (unpaired) electrons. The minimum absolute atomic E-state index is 0.210. The maximum Gasteiger partial charge on any atom is 0.433 e. The van der Waals surface area contributed by atoms with E-state index in [-0.39, 0.29) is 10.7 Å². The predicted octanol–water partition coefficient (Wildman–Crippen LogP) is 4.62. The summed E-state index contributed by atoms with van der Waals surface area (Å²) in [6.45, 7) is 2.05. The standard InChI is InChI=1S/C19H18F3N3OS/c1-11-14-7-8-15(19(20,21)22)24-18(14)27-16(11)17(26)23-10-12-5-4-6-13(9-12)25(2)3/h4-9H,10H2,1-3H3,(H,23,26). The molecule has 0 spiro atoms. The van der Waals surface area contributed by atoms with Gasteiger partial charge in [-0.2, -0.15) is 13.2 Å².